The lowest BCUT2D eigenvalue weighted by Gasteiger charge is -2.31. The van der Waals surface area contributed by atoms with E-state index in [-0.39, 0.29) is 23.7 Å². The average Bonchev–Trinajstić information content (AvgIpc) is 3.23. The number of nitrogens with one attached hydrogen (secondary N) is 1. The maximum absolute atomic E-state index is 13.2. The highest BCUT2D eigenvalue weighted by atomic mass is 16.2. The van der Waals surface area contributed by atoms with Crippen molar-refractivity contribution in [2.45, 2.75) is 44.9 Å². The smallest absolute Gasteiger partial charge is 0.223 e. The Balaban J connectivity index is 1.58. The van der Waals surface area contributed by atoms with Gasteiger partial charge in [0.15, 0.2) is 0 Å². The van der Waals surface area contributed by atoms with Gasteiger partial charge in [-0.15, -0.1) is 0 Å². The molecule has 3 aromatic rings. The Morgan fingerprint density at radius 3 is 2.52 bits per heavy atom. The van der Waals surface area contributed by atoms with Crippen LogP contribution in [0.4, 0.5) is 0 Å². The fourth-order valence-electron chi connectivity index (χ4n) is 4.82. The van der Waals surface area contributed by atoms with Gasteiger partial charge in [0, 0.05) is 42.5 Å². The summed E-state index contributed by atoms with van der Waals surface area (Å²) in [5.74, 6) is -0.112. The number of amides is 2. The maximum Gasteiger partial charge on any atom is 0.223 e. The molecule has 3 N–H and O–H groups in total. The van der Waals surface area contributed by atoms with Crippen LogP contribution >= 0.6 is 0 Å². The van der Waals surface area contributed by atoms with E-state index in [1.165, 1.54) is 27.6 Å². The number of rotatable bonds is 7. The lowest BCUT2D eigenvalue weighted by atomic mass is 9.87. The Morgan fingerprint density at radius 2 is 1.84 bits per heavy atom. The molecule has 162 valence electrons. The van der Waals surface area contributed by atoms with Crippen molar-refractivity contribution >= 4 is 22.7 Å². The van der Waals surface area contributed by atoms with Crippen LogP contribution in [0.15, 0.2) is 54.7 Å². The van der Waals surface area contributed by atoms with Crippen LogP contribution in [0.1, 0.15) is 48.8 Å². The van der Waals surface area contributed by atoms with Gasteiger partial charge in [0.05, 0.1) is 0 Å². The lowest BCUT2D eigenvalue weighted by molar-refractivity contribution is -0.135. The molecule has 0 radical (unpaired) electrons. The number of fused-ring (bicyclic) bond motifs is 1. The molecule has 2 aromatic carbocycles. The molecule has 2 amide bonds. The third-order valence-corrected chi connectivity index (χ3v) is 6.65. The van der Waals surface area contributed by atoms with Crippen molar-refractivity contribution in [2.24, 2.45) is 11.7 Å². The Hall–Kier alpha value is -3.08. The minimum atomic E-state index is -0.250. The van der Waals surface area contributed by atoms with E-state index in [9.17, 15) is 9.59 Å². The Labute approximate surface area is 183 Å². The van der Waals surface area contributed by atoms with E-state index < -0.39 is 0 Å². The molecule has 2 heterocycles. The summed E-state index contributed by atoms with van der Waals surface area (Å²) >= 11 is 0. The van der Waals surface area contributed by atoms with Gasteiger partial charge in [-0.1, -0.05) is 55.5 Å². The molecule has 5 heteroatoms. The number of nitrogens with two attached hydrogens (primary N) is 1. The number of aromatic amines is 1. The molecule has 0 spiro atoms. The van der Waals surface area contributed by atoms with Gasteiger partial charge in [-0.2, -0.15) is 0 Å². The van der Waals surface area contributed by atoms with Crippen molar-refractivity contribution in [3.05, 3.63) is 71.4 Å². The average molecular weight is 418 g/mol. The molecule has 0 aliphatic carbocycles. The Kier molecular flexibility index (Phi) is 6.40. The second-order valence-electron chi connectivity index (χ2n) is 8.59. The predicted molar refractivity (Wildman–Crippen MR) is 124 cm³/mol. The normalized spacial score (nSPS) is 15.8. The molecule has 1 fully saturated rings. The highest BCUT2D eigenvalue weighted by molar-refractivity contribution is 5.87. The Morgan fingerprint density at radius 1 is 1.10 bits per heavy atom. The van der Waals surface area contributed by atoms with Crippen molar-refractivity contribution in [3.63, 3.8) is 0 Å². The van der Waals surface area contributed by atoms with Crippen LogP contribution in [0.25, 0.3) is 10.9 Å². The predicted octanol–water partition coefficient (Wildman–Crippen LogP) is 4.17. The van der Waals surface area contributed by atoms with Gasteiger partial charge in [-0.3, -0.25) is 9.59 Å². The fraction of sp³-hybridized carbons (Fsp3) is 0.385. The van der Waals surface area contributed by atoms with Crippen molar-refractivity contribution in [2.75, 3.05) is 13.1 Å². The van der Waals surface area contributed by atoms with E-state index in [1.54, 1.807) is 0 Å². The summed E-state index contributed by atoms with van der Waals surface area (Å²) in [4.78, 5) is 30.1. The molecule has 1 aliphatic rings. The van der Waals surface area contributed by atoms with Crippen molar-refractivity contribution < 1.29 is 9.59 Å². The number of aromatic nitrogens is 1. The van der Waals surface area contributed by atoms with Gasteiger partial charge in [-0.25, -0.2) is 0 Å². The van der Waals surface area contributed by atoms with E-state index in [4.69, 9.17) is 5.73 Å². The zero-order chi connectivity index (χ0) is 21.8. The van der Waals surface area contributed by atoms with Crippen LogP contribution in [-0.4, -0.2) is 34.8 Å². The van der Waals surface area contributed by atoms with Crippen LogP contribution in [-0.2, 0) is 22.4 Å². The minimum absolute atomic E-state index is 0.0876. The van der Waals surface area contributed by atoms with E-state index in [2.05, 4.69) is 48.4 Å². The van der Waals surface area contributed by atoms with Crippen LogP contribution < -0.4 is 5.73 Å². The van der Waals surface area contributed by atoms with E-state index in [0.29, 0.717) is 32.4 Å². The molecular weight excluding hydrogens is 386 g/mol. The molecule has 1 atom stereocenters. The highest BCUT2D eigenvalue weighted by Crippen LogP contribution is 2.33. The first-order chi connectivity index (χ1) is 15.1. The number of nitrogens with zero attached hydrogens (tertiary/aromatic N) is 1. The molecule has 1 aliphatic heterocycles. The Bertz CT molecular complexity index is 1050. The second-order valence-corrected chi connectivity index (χ2v) is 8.59. The standard InChI is InChI=1S/C26H31N3O2/c1-2-19-9-6-10-22-23(17-28-25(19)22)21(15-18-7-4-3-5-8-18)16-24(30)29-13-11-20(12-14-29)26(27)31/h3-10,17,20-21,28H,2,11-16H2,1H3,(H2,27,31). The van der Waals surface area contributed by atoms with E-state index >= 15 is 0 Å². The zero-order valence-electron chi connectivity index (χ0n) is 18.1. The number of H-pyrrole nitrogens is 1. The molecule has 5 nitrogen and oxygen atoms in total. The van der Waals surface area contributed by atoms with Gasteiger partial charge in [-0.05, 0) is 48.3 Å². The topological polar surface area (TPSA) is 79.2 Å². The van der Waals surface area contributed by atoms with Crippen molar-refractivity contribution in [1.29, 1.82) is 0 Å². The zero-order valence-corrected chi connectivity index (χ0v) is 18.1. The number of likely N-dealkylation sites (tertiary alicyclic amines) is 1. The summed E-state index contributed by atoms with van der Waals surface area (Å²) in [6.45, 7) is 3.38. The largest absolute Gasteiger partial charge is 0.369 e. The number of piperidine rings is 1. The molecule has 0 bridgehead atoms. The lowest BCUT2D eigenvalue weighted by Crippen LogP contribution is -2.42. The summed E-state index contributed by atoms with van der Waals surface area (Å²) in [5, 5.41) is 1.21. The number of aryl methyl sites for hydroxylation is 1. The van der Waals surface area contributed by atoms with Crippen LogP contribution in [0.5, 0.6) is 0 Å². The van der Waals surface area contributed by atoms with E-state index in [0.717, 1.165) is 12.8 Å². The quantitative estimate of drug-likeness (QED) is 0.605. The first-order valence-electron chi connectivity index (χ1n) is 11.3. The first kappa shape index (κ1) is 21.2. The number of carbonyl (C=O) groups is 2. The van der Waals surface area contributed by atoms with Crippen molar-refractivity contribution in [3.8, 4) is 0 Å². The molecule has 1 saturated heterocycles. The van der Waals surface area contributed by atoms with Crippen LogP contribution in [0.3, 0.4) is 0 Å². The van der Waals surface area contributed by atoms with Gasteiger partial charge in [0.1, 0.15) is 0 Å². The molecule has 4 rings (SSSR count). The van der Waals surface area contributed by atoms with Crippen molar-refractivity contribution in [1.82, 2.24) is 9.88 Å². The number of carbonyl (C=O) groups excluding carboxylic acids is 2. The first-order valence-corrected chi connectivity index (χ1v) is 11.3. The van der Waals surface area contributed by atoms with E-state index in [1.807, 2.05) is 23.1 Å². The number of hydrogen-bond donors (Lipinski definition) is 2. The van der Waals surface area contributed by atoms with Gasteiger partial charge < -0.3 is 15.6 Å². The minimum Gasteiger partial charge on any atom is -0.369 e. The summed E-state index contributed by atoms with van der Waals surface area (Å²) in [7, 11) is 0. The third-order valence-electron chi connectivity index (χ3n) is 6.65. The van der Waals surface area contributed by atoms with Crippen LogP contribution in [0.2, 0.25) is 0 Å². The summed E-state index contributed by atoms with van der Waals surface area (Å²) < 4.78 is 0. The monoisotopic (exact) mass is 417 g/mol. The van der Waals surface area contributed by atoms with Gasteiger partial charge in [0.2, 0.25) is 11.8 Å². The highest BCUT2D eigenvalue weighted by Gasteiger charge is 2.28. The SMILES string of the molecule is CCc1cccc2c(C(CC(=O)N3CCC(C(N)=O)CC3)Cc3ccccc3)c[nH]c12. The third kappa shape index (κ3) is 4.66. The molecule has 1 unspecified atom stereocenters. The number of hydrogen-bond acceptors (Lipinski definition) is 2. The van der Waals surface area contributed by atoms with Gasteiger partial charge >= 0.3 is 0 Å². The molecule has 1 aromatic heterocycles. The summed E-state index contributed by atoms with van der Waals surface area (Å²) in [5.41, 5.74) is 10.4. The van der Waals surface area contributed by atoms with Crippen LogP contribution in [0, 0.1) is 5.92 Å². The molecule has 0 saturated carbocycles. The summed E-state index contributed by atoms with van der Waals surface area (Å²) in [6, 6.07) is 16.8. The number of para-hydroxylation sites is 1. The molecule has 31 heavy (non-hydrogen) atoms. The maximum atomic E-state index is 13.2. The van der Waals surface area contributed by atoms with Gasteiger partial charge in [0.25, 0.3) is 0 Å². The second kappa shape index (κ2) is 9.38. The summed E-state index contributed by atoms with van der Waals surface area (Å²) in [6.07, 6.45) is 5.65. The number of primary amides is 1. The molecular formula is C26H31N3O2. The fourth-order valence-corrected chi connectivity index (χ4v) is 4.82. The number of benzene rings is 2.